The van der Waals surface area contributed by atoms with E-state index in [1.54, 1.807) is 14.2 Å². The van der Waals surface area contributed by atoms with E-state index < -0.39 is 0 Å². The molecule has 0 spiro atoms. The van der Waals surface area contributed by atoms with Crippen LogP contribution in [0.1, 0.15) is 18.1 Å². The highest BCUT2D eigenvalue weighted by Gasteiger charge is 2.18. The number of nitrogens with zero attached hydrogens (tertiary/aromatic N) is 1. The molecule has 108 valence electrons. The van der Waals surface area contributed by atoms with Gasteiger partial charge in [0.25, 0.3) is 0 Å². The molecule has 1 rings (SSSR count). The first kappa shape index (κ1) is 16.0. The molecule has 0 aliphatic carbocycles. The summed E-state index contributed by atoms with van der Waals surface area (Å²) in [7, 11) is 3.45. The molecule has 1 unspecified atom stereocenters. The second kappa shape index (κ2) is 8.15. The first-order valence-corrected chi connectivity index (χ1v) is 6.68. The average Bonchev–Trinajstić information content (AvgIpc) is 2.40. The van der Waals surface area contributed by atoms with E-state index in [9.17, 15) is 0 Å². The highest BCUT2D eigenvalue weighted by Crippen LogP contribution is 2.26. The third-order valence-electron chi connectivity index (χ3n) is 3.30. The molecule has 0 radical (unpaired) electrons. The van der Waals surface area contributed by atoms with Gasteiger partial charge in [-0.15, -0.1) is 0 Å². The van der Waals surface area contributed by atoms with Crippen LogP contribution in [0.25, 0.3) is 0 Å². The lowest BCUT2D eigenvalue weighted by molar-refractivity contribution is 0.171. The maximum atomic E-state index is 5.87. The molecule has 0 aromatic heterocycles. The van der Waals surface area contributed by atoms with E-state index in [-0.39, 0.29) is 6.04 Å². The zero-order valence-electron chi connectivity index (χ0n) is 12.5. The molecule has 1 aromatic rings. The van der Waals surface area contributed by atoms with E-state index in [1.807, 2.05) is 0 Å². The van der Waals surface area contributed by atoms with Crippen molar-refractivity contribution in [3.05, 3.63) is 29.3 Å². The monoisotopic (exact) mass is 266 g/mol. The Bertz CT molecular complexity index is 382. The Labute approximate surface area is 116 Å². The summed E-state index contributed by atoms with van der Waals surface area (Å²) < 4.78 is 10.5. The van der Waals surface area contributed by atoms with E-state index in [4.69, 9.17) is 15.2 Å². The van der Waals surface area contributed by atoms with E-state index in [2.05, 4.69) is 36.9 Å². The number of benzene rings is 1. The molecule has 0 saturated heterocycles. The second-order valence-corrected chi connectivity index (χ2v) is 4.78. The summed E-state index contributed by atoms with van der Waals surface area (Å²) in [5, 5.41) is 0. The van der Waals surface area contributed by atoms with E-state index in [1.165, 1.54) is 16.8 Å². The van der Waals surface area contributed by atoms with Gasteiger partial charge in [0, 0.05) is 39.0 Å². The Morgan fingerprint density at radius 1 is 1.26 bits per heavy atom. The number of rotatable bonds is 8. The van der Waals surface area contributed by atoms with Crippen molar-refractivity contribution in [3.63, 3.8) is 0 Å². The van der Waals surface area contributed by atoms with Gasteiger partial charge in [0.05, 0.1) is 13.2 Å². The topological polar surface area (TPSA) is 47.7 Å². The van der Waals surface area contributed by atoms with Crippen molar-refractivity contribution < 1.29 is 9.47 Å². The Morgan fingerprint density at radius 3 is 2.58 bits per heavy atom. The summed E-state index contributed by atoms with van der Waals surface area (Å²) in [4.78, 5) is 2.32. The van der Waals surface area contributed by atoms with Gasteiger partial charge in [-0.1, -0.05) is 18.2 Å². The van der Waals surface area contributed by atoms with Gasteiger partial charge in [0.2, 0.25) is 0 Å². The van der Waals surface area contributed by atoms with Crippen molar-refractivity contribution >= 4 is 5.69 Å². The third kappa shape index (κ3) is 4.20. The van der Waals surface area contributed by atoms with Crippen LogP contribution in [0.15, 0.2) is 18.2 Å². The Balaban J connectivity index is 3.08. The van der Waals surface area contributed by atoms with Crippen molar-refractivity contribution in [2.75, 3.05) is 38.9 Å². The Hall–Kier alpha value is -1.10. The van der Waals surface area contributed by atoms with Crippen molar-refractivity contribution in [2.24, 2.45) is 5.73 Å². The minimum Gasteiger partial charge on any atom is -0.383 e. The quantitative estimate of drug-likeness (QED) is 0.781. The van der Waals surface area contributed by atoms with Crippen molar-refractivity contribution in [1.29, 1.82) is 0 Å². The van der Waals surface area contributed by atoms with Crippen LogP contribution in [0.5, 0.6) is 0 Å². The number of ether oxygens (including phenoxy) is 2. The van der Waals surface area contributed by atoms with Gasteiger partial charge in [-0.3, -0.25) is 0 Å². The molecule has 19 heavy (non-hydrogen) atoms. The van der Waals surface area contributed by atoms with Gasteiger partial charge < -0.3 is 20.1 Å². The molecule has 0 amide bonds. The highest BCUT2D eigenvalue weighted by atomic mass is 16.5. The molecule has 0 heterocycles. The summed E-state index contributed by atoms with van der Waals surface area (Å²) in [6, 6.07) is 6.54. The van der Waals surface area contributed by atoms with E-state index in [0.717, 1.165) is 6.54 Å². The maximum Gasteiger partial charge on any atom is 0.0663 e. The predicted molar refractivity (Wildman–Crippen MR) is 79.6 cm³/mol. The summed E-state index contributed by atoms with van der Waals surface area (Å²) >= 11 is 0. The lowest BCUT2D eigenvalue weighted by atomic mass is 10.0. The number of aryl methyl sites for hydroxylation is 1. The van der Waals surface area contributed by atoms with E-state index >= 15 is 0 Å². The number of para-hydroxylation sites is 1. The summed E-state index contributed by atoms with van der Waals surface area (Å²) in [6.45, 7) is 7.02. The Morgan fingerprint density at radius 2 is 2.00 bits per heavy atom. The molecule has 0 aliphatic heterocycles. The molecule has 4 heteroatoms. The van der Waals surface area contributed by atoms with Gasteiger partial charge in [-0.05, 0) is 25.0 Å². The van der Waals surface area contributed by atoms with Crippen LogP contribution < -0.4 is 10.6 Å². The standard InChI is InChI=1S/C15H26N2O2/c1-12-6-5-7-14(10-16)15(12)17(8-9-18-3)13(2)11-19-4/h5-7,13H,8-11,16H2,1-4H3. The van der Waals surface area contributed by atoms with Crippen molar-refractivity contribution in [1.82, 2.24) is 0 Å². The fourth-order valence-corrected chi connectivity index (χ4v) is 2.37. The zero-order valence-corrected chi connectivity index (χ0v) is 12.5. The third-order valence-corrected chi connectivity index (χ3v) is 3.30. The highest BCUT2D eigenvalue weighted by molar-refractivity contribution is 5.60. The van der Waals surface area contributed by atoms with Gasteiger partial charge in [0.1, 0.15) is 0 Å². The minimum atomic E-state index is 0.284. The molecule has 0 saturated carbocycles. The van der Waals surface area contributed by atoms with Crippen molar-refractivity contribution in [2.45, 2.75) is 26.4 Å². The summed E-state index contributed by atoms with van der Waals surface area (Å²) in [6.07, 6.45) is 0. The average molecular weight is 266 g/mol. The van der Waals surface area contributed by atoms with Gasteiger partial charge >= 0.3 is 0 Å². The molecule has 2 N–H and O–H groups in total. The molecule has 0 fully saturated rings. The molecule has 0 aliphatic rings. The maximum absolute atomic E-state index is 5.87. The molecular weight excluding hydrogens is 240 g/mol. The number of nitrogens with two attached hydrogens (primary N) is 1. The predicted octanol–water partition coefficient (Wildman–Crippen LogP) is 1.94. The molecule has 0 bridgehead atoms. The lowest BCUT2D eigenvalue weighted by Crippen LogP contribution is -2.39. The van der Waals surface area contributed by atoms with Crippen molar-refractivity contribution in [3.8, 4) is 0 Å². The zero-order chi connectivity index (χ0) is 14.3. The molecular formula is C15H26N2O2. The number of methoxy groups -OCH3 is 2. The number of hydrogen-bond donors (Lipinski definition) is 1. The summed E-state index contributed by atoms with van der Waals surface area (Å²) in [5.74, 6) is 0. The molecule has 4 nitrogen and oxygen atoms in total. The van der Waals surface area contributed by atoms with Gasteiger partial charge in [-0.2, -0.15) is 0 Å². The smallest absolute Gasteiger partial charge is 0.0663 e. The van der Waals surface area contributed by atoms with Crippen LogP contribution in [0.2, 0.25) is 0 Å². The van der Waals surface area contributed by atoms with Crippen LogP contribution in [0, 0.1) is 6.92 Å². The fraction of sp³-hybridized carbons (Fsp3) is 0.600. The van der Waals surface area contributed by atoms with Crippen LogP contribution in [0.3, 0.4) is 0 Å². The first-order chi connectivity index (χ1) is 9.15. The normalized spacial score (nSPS) is 12.5. The molecule has 1 atom stereocenters. The molecule has 1 aromatic carbocycles. The van der Waals surface area contributed by atoms with Gasteiger partial charge in [-0.25, -0.2) is 0 Å². The van der Waals surface area contributed by atoms with Crippen LogP contribution in [0.4, 0.5) is 5.69 Å². The Kier molecular flexibility index (Phi) is 6.84. The van der Waals surface area contributed by atoms with Gasteiger partial charge in [0.15, 0.2) is 0 Å². The second-order valence-electron chi connectivity index (χ2n) is 4.78. The van der Waals surface area contributed by atoms with Crippen LogP contribution in [-0.2, 0) is 16.0 Å². The number of hydrogen-bond acceptors (Lipinski definition) is 4. The fourth-order valence-electron chi connectivity index (χ4n) is 2.37. The first-order valence-electron chi connectivity index (χ1n) is 6.68. The SMILES string of the molecule is COCCN(c1c(C)cccc1CN)C(C)COC. The van der Waals surface area contributed by atoms with Crippen LogP contribution in [-0.4, -0.2) is 40.0 Å². The summed E-state index contributed by atoms with van der Waals surface area (Å²) in [5.41, 5.74) is 9.49. The minimum absolute atomic E-state index is 0.284. The number of anilines is 1. The lowest BCUT2D eigenvalue weighted by Gasteiger charge is -2.33. The van der Waals surface area contributed by atoms with Crippen LogP contribution >= 0.6 is 0 Å². The largest absolute Gasteiger partial charge is 0.383 e. The van der Waals surface area contributed by atoms with E-state index in [0.29, 0.717) is 19.8 Å².